The summed E-state index contributed by atoms with van der Waals surface area (Å²) in [5.74, 6) is 1.07. The maximum Gasteiger partial charge on any atom is 0.241 e. The lowest BCUT2D eigenvalue weighted by Crippen LogP contribution is -2.45. The fraction of sp³-hybridized carbons (Fsp3) is 0.450. The molecule has 0 heterocycles. The Hall–Kier alpha value is -2.08. The van der Waals surface area contributed by atoms with Gasteiger partial charge in [0.25, 0.3) is 0 Å². The Labute approximate surface area is 154 Å². The molecule has 2 bridgehead atoms. The molecular weight excluding hydrogens is 348 g/mol. The minimum absolute atomic E-state index is 0.180. The Morgan fingerprint density at radius 3 is 2.58 bits per heavy atom. The average molecular weight is 372 g/mol. The van der Waals surface area contributed by atoms with Crippen molar-refractivity contribution in [1.82, 2.24) is 5.32 Å². The van der Waals surface area contributed by atoms with Gasteiger partial charge in [-0.2, -0.15) is 0 Å². The van der Waals surface area contributed by atoms with E-state index in [0.29, 0.717) is 11.6 Å². The molecule has 2 aliphatic carbocycles. The minimum Gasteiger partial charge on any atom is -0.352 e. The van der Waals surface area contributed by atoms with Crippen LogP contribution in [0.3, 0.4) is 0 Å². The van der Waals surface area contributed by atoms with Crippen molar-refractivity contribution >= 4 is 32.4 Å². The number of nitrogens with one attached hydrogen (secondary N) is 1. The number of rotatable bonds is 5. The zero-order valence-electron chi connectivity index (χ0n) is 14.9. The third kappa shape index (κ3) is 3.30. The van der Waals surface area contributed by atoms with Gasteiger partial charge in [0.2, 0.25) is 15.9 Å². The molecule has 6 heteroatoms. The molecule has 5 nitrogen and oxygen atoms in total. The number of hydrogen-bond donors (Lipinski definition) is 1. The van der Waals surface area contributed by atoms with Gasteiger partial charge >= 0.3 is 0 Å². The minimum atomic E-state index is -3.58. The van der Waals surface area contributed by atoms with Crippen molar-refractivity contribution in [1.29, 1.82) is 0 Å². The first kappa shape index (κ1) is 17.3. The van der Waals surface area contributed by atoms with Gasteiger partial charge in [-0.15, -0.1) is 0 Å². The lowest BCUT2D eigenvalue weighted by molar-refractivity contribution is -0.120. The largest absolute Gasteiger partial charge is 0.352 e. The van der Waals surface area contributed by atoms with E-state index in [2.05, 4.69) is 5.32 Å². The van der Waals surface area contributed by atoms with Gasteiger partial charge in [0.15, 0.2) is 0 Å². The molecular formula is C20H24N2O3S. The fourth-order valence-corrected chi connectivity index (χ4v) is 5.48. The van der Waals surface area contributed by atoms with Crippen LogP contribution < -0.4 is 9.62 Å². The summed E-state index contributed by atoms with van der Waals surface area (Å²) in [4.78, 5) is 12.6. The van der Waals surface area contributed by atoms with Crippen molar-refractivity contribution in [3.63, 3.8) is 0 Å². The molecule has 0 aliphatic heterocycles. The molecule has 0 radical (unpaired) electrons. The van der Waals surface area contributed by atoms with Crippen LogP contribution >= 0.6 is 0 Å². The number of sulfonamides is 1. The van der Waals surface area contributed by atoms with Crippen molar-refractivity contribution < 1.29 is 13.2 Å². The number of fused-ring (bicyclic) bond motifs is 3. The predicted molar refractivity (Wildman–Crippen MR) is 104 cm³/mol. The quantitative estimate of drug-likeness (QED) is 0.878. The fourth-order valence-electron chi connectivity index (χ4n) is 4.61. The SMILES string of the molecule is CS(=O)(=O)N(CC(=O)N[C@H]1C[C@@H]2CC[C@@H]1C2)c1cccc2ccccc12. The number of anilines is 1. The summed E-state index contributed by atoms with van der Waals surface area (Å²) in [5.41, 5.74) is 0.550. The van der Waals surface area contributed by atoms with Crippen LogP contribution in [0.5, 0.6) is 0 Å². The second kappa shape index (κ2) is 6.58. The lowest BCUT2D eigenvalue weighted by Gasteiger charge is -2.27. The zero-order valence-corrected chi connectivity index (χ0v) is 15.7. The molecule has 1 N–H and O–H groups in total. The van der Waals surface area contributed by atoms with Crippen molar-refractivity contribution in [2.24, 2.45) is 11.8 Å². The standard InChI is InChI=1S/C20H24N2O3S/c1-26(24,25)22(19-8-4-6-15-5-2-3-7-17(15)19)13-20(23)21-18-12-14-9-10-16(18)11-14/h2-8,14,16,18H,9-13H2,1H3,(H,21,23)/t14-,16-,18+/m1/s1. The Bertz CT molecular complexity index is 936. The summed E-state index contributed by atoms with van der Waals surface area (Å²) in [7, 11) is -3.58. The van der Waals surface area contributed by atoms with Gasteiger partial charge in [-0.25, -0.2) is 8.42 Å². The van der Waals surface area contributed by atoms with Crippen LogP contribution in [0.25, 0.3) is 10.8 Å². The monoisotopic (exact) mass is 372 g/mol. The Balaban J connectivity index is 1.58. The third-order valence-electron chi connectivity index (χ3n) is 5.81. The van der Waals surface area contributed by atoms with E-state index in [0.717, 1.165) is 29.4 Å². The lowest BCUT2D eigenvalue weighted by atomic mass is 9.95. The summed E-state index contributed by atoms with van der Waals surface area (Å²) in [6, 6.07) is 13.3. The van der Waals surface area contributed by atoms with Gasteiger partial charge in [-0.05, 0) is 42.6 Å². The molecule has 2 saturated carbocycles. The number of carbonyl (C=O) groups is 1. The number of amides is 1. The number of carbonyl (C=O) groups excluding carboxylic acids is 1. The van der Waals surface area contributed by atoms with E-state index in [-0.39, 0.29) is 18.5 Å². The molecule has 1 amide bonds. The topological polar surface area (TPSA) is 66.5 Å². The number of nitrogens with zero attached hydrogens (tertiary/aromatic N) is 1. The van der Waals surface area contributed by atoms with Crippen molar-refractivity contribution in [2.45, 2.75) is 31.7 Å². The highest BCUT2D eigenvalue weighted by Crippen LogP contribution is 2.44. The van der Waals surface area contributed by atoms with E-state index in [1.165, 1.54) is 23.6 Å². The van der Waals surface area contributed by atoms with Gasteiger partial charge < -0.3 is 5.32 Å². The summed E-state index contributed by atoms with van der Waals surface area (Å²) >= 11 is 0. The Morgan fingerprint density at radius 1 is 1.12 bits per heavy atom. The van der Waals surface area contributed by atoms with E-state index in [1.807, 2.05) is 36.4 Å². The van der Waals surface area contributed by atoms with Crippen LogP contribution in [-0.4, -0.2) is 33.2 Å². The maximum absolute atomic E-state index is 12.6. The van der Waals surface area contributed by atoms with Crippen LogP contribution in [0.15, 0.2) is 42.5 Å². The van der Waals surface area contributed by atoms with Crippen molar-refractivity contribution in [3.05, 3.63) is 42.5 Å². The predicted octanol–water partition coefficient (Wildman–Crippen LogP) is 2.91. The Kier molecular flexibility index (Phi) is 4.39. The third-order valence-corrected chi connectivity index (χ3v) is 6.93. The molecule has 2 aliphatic rings. The average Bonchev–Trinajstić information content (AvgIpc) is 3.21. The summed E-state index contributed by atoms with van der Waals surface area (Å²) in [5, 5.41) is 4.86. The van der Waals surface area contributed by atoms with Gasteiger partial charge in [-0.1, -0.05) is 42.8 Å². The zero-order chi connectivity index (χ0) is 18.3. The first-order valence-corrected chi connectivity index (χ1v) is 11.0. The molecule has 0 unspecified atom stereocenters. The van der Waals surface area contributed by atoms with E-state index in [9.17, 15) is 13.2 Å². The van der Waals surface area contributed by atoms with Crippen LogP contribution in [0.2, 0.25) is 0 Å². The van der Waals surface area contributed by atoms with Crippen LogP contribution in [0.4, 0.5) is 5.69 Å². The van der Waals surface area contributed by atoms with Crippen LogP contribution in [0, 0.1) is 11.8 Å². The molecule has 2 aromatic carbocycles. The van der Waals surface area contributed by atoms with Crippen LogP contribution in [-0.2, 0) is 14.8 Å². The molecule has 3 atom stereocenters. The molecule has 138 valence electrons. The molecule has 2 aromatic rings. The smallest absolute Gasteiger partial charge is 0.241 e. The molecule has 0 aromatic heterocycles. The van der Waals surface area contributed by atoms with Crippen molar-refractivity contribution in [3.8, 4) is 0 Å². The second-order valence-electron chi connectivity index (χ2n) is 7.62. The maximum atomic E-state index is 12.6. The first-order chi connectivity index (χ1) is 12.4. The van der Waals surface area contributed by atoms with Gasteiger partial charge in [0.1, 0.15) is 6.54 Å². The summed E-state index contributed by atoms with van der Waals surface area (Å²) in [6.45, 7) is -0.180. The summed E-state index contributed by atoms with van der Waals surface area (Å²) < 4.78 is 26.1. The van der Waals surface area contributed by atoms with Crippen molar-refractivity contribution in [2.75, 3.05) is 17.1 Å². The molecule has 2 fully saturated rings. The highest BCUT2D eigenvalue weighted by Gasteiger charge is 2.40. The van der Waals surface area contributed by atoms with E-state index in [4.69, 9.17) is 0 Å². The normalized spacial score (nSPS) is 24.7. The highest BCUT2D eigenvalue weighted by molar-refractivity contribution is 7.92. The van der Waals surface area contributed by atoms with Gasteiger partial charge in [0.05, 0.1) is 11.9 Å². The molecule has 0 saturated heterocycles. The van der Waals surface area contributed by atoms with Crippen LogP contribution in [0.1, 0.15) is 25.7 Å². The highest BCUT2D eigenvalue weighted by atomic mass is 32.2. The molecule has 0 spiro atoms. The Morgan fingerprint density at radius 2 is 1.88 bits per heavy atom. The van der Waals surface area contributed by atoms with E-state index < -0.39 is 10.0 Å². The second-order valence-corrected chi connectivity index (χ2v) is 9.52. The van der Waals surface area contributed by atoms with Gasteiger partial charge in [-0.3, -0.25) is 9.10 Å². The van der Waals surface area contributed by atoms with Gasteiger partial charge in [0, 0.05) is 11.4 Å². The number of benzene rings is 2. The number of hydrogen-bond acceptors (Lipinski definition) is 3. The van der Waals surface area contributed by atoms with E-state index >= 15 is 0 Å². The molecule has 4 rings (SSSR count). The molecule has 26 heavy (non-hydrogen) atoms. The first-order valence-electron chi connectivity index (χ1n) is 9.16. The van der Waals surface area contributed by atoms with E-state index in [1.54, 1.807) is 6.07 Å². The summed E-state index contributed by atoms with van der Waals surface area (Å²) in [6.07, 6.45) is 5.82.